The van der Waals surface area contributed by atoms with Crippen molar-refractivity contribution in [2.45, 2.75) is 25.8 Å². The smallest absolute Gasteiger partial charge is 0.127 e. The molecule has 2 rings (SSSR count). The fraction of sp³-hybridized carbons (Fsp3) is 0.250. The molecule has 0 fully saturated rings. The van der Waals surface area contributed by atoms with Crippen molar-refractivity contribution in [1.29, 1.82) is 0 Å². The van der Waals surface area contributed by atoms with Gasteiger partial charge in [0.2, 0.25) is 0 Å². The molecule has 4 heteroatoms. The van der Waals surface area contributed by atoms with Crippen LogP contribution in [0.3, 0.4) is 0 Å². The summed E-state index contributed by atoms with van der Waals surface area (Å²) in [4.78, 5) is 0. The highest BCUT2D eigenvalue weighted by molar-refractivity contribution is 9.10. The van der Waals surface area contributed by atoms with Crippen molar-refractivity contribution in [2.24, 2.45) is 5.73 Å². The van der Waals surface area contributed by atoms with Crippen LogP contribution in [0.4, 0.5) is 8.78 Å². The van der Waals surface area contributed by atoms with E-state index in [2.05, 4.69) is 15.9 Å². The first-order chi connectivity index (χ1) is 9.29. The maximum Gasteiger partial charge on any atom is 0.127 e. The second kappa shape index (κ2) is 5.62. The van der Waals surface area contributed by atoms with Gasteiger partial charge in [-0.1, -0.05) is 34.1 Å². The Hall–Kier alpha value is -1.26. The summed E-state index contributed by atoms with van der Waals surface area (Å²) in [5, 5.41) is 0. The molecule has 1 atom stereocenters. The first-order valence-corrected chi connectivity index (χ1v) is 7.08. The lowest BCUT2D eigenvalue weighted by Crippen LogP contribution is -2.36. The first kappa shape index (κ1) is 15.1. The maximum absolute atomic E-state index is 13.9. The minimum atomic E-state index is -0.830. The van der Waals surface area contributed by atoms with Gasteiger partial charge < -0.3 is 5.73 Å². The molecule has 2 aromatic rings. The summed E-state index contributed by atoms with van der Waals surface area (Å²) in [6, 6.07) is 9.76. The molecule has 2 N–H and O–H groups in total. The number of hydrogen-bond donors (Lipinski definition) is 1. The second-order valence-electron chi connectivity index (χ2n) is 5.29. The molecule has 0 aliphatic heterocycles. The van der Waals surface area contributed by atoms with Crippen molar-refractivity contribution in [3.05, 3.63) is 69.2 Å². The van der Waals surface area contributed by atoms with Crippen molar-refractivity contribution < 1.29 is 8.78 Å². The van der Waals surface area contributed by atoms with Crippen molar-refractivity contribution >= 4 is 15.9 Å². The Bertz CT molecular complexity index is 638. The molecule has 0 aliphatic carbocycles. The largest absolute Gasteiger partial charge is 0.321 e. The number of benzene rings is 2. The van der Waals surface area contributed by atoms with Gasteiger partial charge in [0.15, 0.2) is 0 Å². The van der Waals surface area contributed by atoms with Crippen LogP contribution in [0.25, 0.3) is 0 Å². The normalized spacial score (nSPS) is 14.1. The lowest BCUT2D eigenvalue weighted by Gasteiger charge is -2.26. The van der Waals surface area contributed by atoms with Gasteiger partial charge in [-0.25, -0.2) is 8.78 Å². The third kappa shape index (κ3) is 3.25. The van der Waals surface area contributed by atoms with E-state index >= 15 is 0 Å². The molecule has 0 saturated heterocycles. The van der Waals surface area contributed by atoms with Gasteiger partial charge in [0.1, 0.15) is 11.6 Å². The van der Waals surface area contributed by atoms with Crippen LogP contribution in [-0.2, 0) is 12.0 Å². The lowest BCUT2D eigenvalue weighted by atomic mass is 9.86. The van der Waals surface area contributed by atoms with Crippen LogP contribution in [0.2, 0.25) is 0 Å². The van der Waals surface area contributed by atoms with Gasteiger partial charge in [-0.05, 0) is 55.2 Å². The molecule has 1 unspecified atom stereocenters. The molecule has 2 aromatic carbocycles. The summed E-state index contributed by atoms with van der Waals surface area (Å²) < 4.78 is 28.2. The van der Waals surface area contributed by atoms with Gasteiger partial charge in [0.25, 0.3) is 0 Å². The molecule has 0 aromatic heterocycles. The van der Waals surface area contributed by atoms with Crippen LogP contribution in [0, 0.1) is 18.6 Å². The van der Waals surface area contributed by atoms with Gasteiger partial charge in [-0.15, -0.1) is 0 Å². The van der Waals surface area contributed by atoms with Gasteiger partial charge >= 0.3 is 0 Å². The molecular formula is C16H16BrF2N. The fourth-order valence-corrected chi connectivity index (χ4v) is 2.44. The maximum atomic E-state index is 13.9. The quantitative estimate of drug-likeness (QED) is 0.878. The monoisotopic (exact) mass is 339 g/mol. The molecule has 0 bridgehead atoms. The van der Waals surface area contributed by atoms with E-state index < -0.39 is 5.54 Å². The number of hydrogen-bond acceptors (Lipinski definition) is 1. The average Bonchev–Trinajstić information content (AvgIpc) is 2.36. The minimum Gasteiger partial charge on any atom is -0.321 e. The molecule has 0 radical (unpaired) electrons. The minimum absolute atomic E-state index is 0.296. The molecule has 106 valence electrons. The topological polar surface area (TPSA) is 26.0 Å². The molecular weight excluding hydrogens is 324 g/mol. The van der Waals surface area contributed by atoms with Crippen molar-refractivity contribution in [3.63, 3.8) is 0 Å². The first-order valence-electron chi connectivity index (χ1n) is 6.29. The van der Waals surface area contributed by atoms with Gasteiger partial charge in [-0.2, -0.15) is 0 Å². The summed E-state index contributed by atoms with van der Waals surface area (Å²) in [5.74, 6) is -0.612. The van der Waals surface area contributed by atoms with Gasteiger partial charge in [-0.3, -0.25) is 0 Å². The van der Waals surface area contributed by atoms with Crippen molar-refractivity contribution in [3.8, 4) is 0 Å². The molecule has 0 saturated carbocycles. The third-order valence-electron chi connectivity index (χ3n) is 3.40. The number of rotatable bonds is 3. The summed E-state index contributed by atoms with van der Waals surface area (Å²) in [5.41, 5.74) is 7.16. The summed E-state index contributed by atoms with van der Waals surface area (Å²) in [7, 11) is 0. The van der Waals surface area contributed by atoms with E-state index in [9.17, 15) is 8.78 Å². The fourth-order valence-electron chi connectivity index (χ4n) is 2.11. The Balaban J connectivity index is 2.32. The van der Waals surface area contributed by atoms with E-state index in [4.69, 9.17) is 5.73 Å². The van der Waals surface area contributed by atoms with Crippen LogP contribution < -0.4 is 5.73 Å². The van der Waals surface area contributed by atoms with Crippen LogP contribution >= 0.6 is 15.9 Å². The Labute approximate surface area is 125 Å². The number of aryl methyl sites for hydroxylation is 1. The highest BCUT2D eigenvalue weighted by Crippen LogP contribution is 2.26. The van der Waals surface area contributed by atoms with E-state index in [0.717, 1.165) is 0 Å². The summed E-state index contributed by atoms with van der Waals surface area (Å²) in [6.45, 7) is 3.47. The van der Waals surface area contributed by atoms with Crippen LogP contribution in [-0.4, -0.2) is 0 Å². The highest BCUT2D eigenvalue weighted by atomic mass is 79.9. The molecule has 0 spiro atoms. The van der Waals surface area contributed by atoms with E-state index in [1.54, 1.807) is 38.1 Å². The predicted molar refractivity (Wildman–Crippen MR) is 80.5 cm³/mol. The Kier molecular flexibility index (Phi) is 4.25. The zero-order valence-corrected chi connectivity index (χ0v) is 13.0. The molecule has 0 heterocycles. The van der Waals surface area contributed by atoms with Crippen molar-refractivity contribution in [1.82, 2.24) is 0 Å². The SMILES string of the molecule is Cc1ccc(C(C)(N)Cc2ccc(Br)cc2F)cc1F. The predicted octanol–water partition coefficient (Wildman–Crippen LogP) is 4.45. The van der Waals surface area contributed by atoms with E-state index in [1.165, 1.54) is 12.1 Å². The van der Waals surface area contributed by atoms with E-state index in [1.807, 2.05) is 0 Å². The van der Waals surface area contributed by atoms with Crippen LogP contribution in [0.5, 0.6) is 0 Å². The lowest BCUT2D eigenvalue weighted by molar-refractivity contribution is 0.471. The zero-order chi connectivity index (χ0) is 14.9. The number of nitrogens with two attached hydrogens (primary N) is 1. The second-order valence-corrected chi connectivity index (χ2v) is 6.21. The van der Waals surface area contributed by atoms with E-state index in [-0.39, 0.29) is 11.6 Å². The molecule has 0 amide bonds. The van der Waals surface area contributed by atoms with Crippen LogP contribution in [0.1, 0.15) is 23.6 Å². The Morgan fingerprint density at radius 2 is 1.80 bits per heavy atom. The Morgan fingerprint density at radius 1 is 1.10 bits per heavy atom. The zero-order valence-electron chi connectivity index (χ0n) is 11.4. The van der Waals surface area contributed by atoms with E-state index in [0.29, 0.717) is 27.6 Å². The molecule has 1 nitrogen and oxygen atoms in total. The average molecular weight is 340 g/mol. The standard InChI is InChI=1S/C16H16BrF2N/c1-10-3-5-12(7-14(10)18)16(2,20)9-11-4-6-13(17)8-15(11)19/h3-8H,9,20H2,1-2H3. The summed E-state index contributed by atoms with van der Waals surface area (Å²) >= 11 is 3.22. The third-order valence-corrected chi connectivity index (χ3v) is 3.90. The summed E-state index contributed by atoms with van der Waals surface area (Å²) in [6.07, 6.45) is 0.300. The molecule has 0 aliphatic rings. The van der Waals surface area contributed by atoms with Gasteiger partial charge in [0.05, 0.1) is 0 Å². The molecule has 20 heavy (non-hydrogen) atoms. The number of halogens is 3. The van der Waals surface area contributed by atoms with Crippen LogP contribution in [0.15, 0.2) is 40.9 Å². The Morgan fingerprint density at radius 3 is 2.40 bits per heavy atom. The van der Waals surface area contributed by atoms with Crippen molar-refractivity contribution in [2.75, 3.05) is 0 Å². The van der Waals surface area contributed by atoms with Gasteiger partial charge in [0, 0.05) is 10.0 Å². The highest BCUT2D eigenvalue weighted by Gasteiger charge is 2.24.